The highest BCUT2D eigenvalue weighted by Crippen LogP contribution is 2.29. The SMILES string of the molecule is CN1CCN(C(=O)N2N=CCC2c2ccccc2)CC1. The fourth-order valence-electron chi connectivity index (χ4n) is 2.69. The Labute approximate surface area is 119 Å². The number of hydrazone groups is 1. The van der Waals surface area contributed by atoms with E-state index in [4.69, 9.17) is 0 Å². The van der Waals surface area contributed by atoms with Crippen molar-refractivity contribution in [1.29, 1.82) is 0 Å². The minimum absolute atomic E-state index is 0.0284. The summed E-state index contributed by atoms with van der Waals surface area (Å²) in [6, 6.07) is 10.2. The molecule has 0 N–H and O–H groups in total. The average Bonchev–Trinajstić information content (AvgIpc) is 2.97. The van der Waals surface area contributed by atoms with E-state index in [1.165, 1.54) is 0 Å². The zero-order chi connectivity index (χ0) is 13.9. The predicted molar refractivity (Wildman–Crippen MR) is 78.6 cm³/mol. The van der Waals surface area contributed by atoms with Gasteiger partial charge in [-0.25, -0.2) is 9.80 Å². The summed E-state index contributed by atoms with van der Waals surface area (Å²) >= 11 is 0. The van der Waals surface area contributed by atoms with Gasteiger partial charge in [0.15, 0.2) is 0 Å². The molecule has 1 saturated heterocycles. The average molecular weight is 272 g/mol. The van der Waals surface area contributed by atoms with E-state index in [0.29, 0.717) is 0 Å². The van der Waals surface area contributed by atoms with Crippen LogP contribution in [0.25, 0.3) is 0 Å². The van der Waals surface area contributed by atoms with Gasteiger partial charge < -0.3 is 9.80 Å². The normalized spacial score (nSPS) is 23.4. The maximum atomic E-state index is 12.6. The summed E-state index contributed by atoms with van der Waals surface area (Å²) in [5.41, 5.74) is 1.15. The molecule has 2 aliphatic rings. The molecule has 0 aliphatic carbocycles. The zero-order valence-electron chi connectivity index (χ0n) is 11.8. The monoisotopic (exact) mass is 272 g/mol. The Bertz CT molecular complexity index is 494. The van der Waals surface area contributed by atoms with Gasteiger partial charge in [0.2, 0.25) is 0 Å². The van der Waals surface area contributed by atoms with Gasteiger partial charge in [0.05, 0.1) is 6.04 Å². The minimum atomic E-state index is 0.0284. The van der Waals surface area contributed by atoms with Crippen molar-refractivity contribution in [2.45, 2.75) is 12.5 Å². The van der Waals surface area contributed by atoms with Crippen LogP contribution >= 0.6 is 0 Å². The van der Waals surface area contributed by atoms with Gasteiger partial charge in [0.1, 0.15) is 0 Å². The lowest BCUT2D eigenvalue weighted by atomic mass is 10.1. The van der Waals surface area contributed by atoms with Crippen LogP contribution < -0.4 is 0 Å². The molecule has 2 amide bonds. The lowest BCUT2D eigenvalue weighted by Gasteiger charge is -2.35. The van der Waals surface area contributed by atoms with Crippen LogP contribution in [0.4, 0.5) is 4.79 Å². The van der Waals surface area contributed by atoms with Crippen molar-refractivity contribution in [1.82, 2.24) is 14.8 Å². The molecule has 2 heterocycles. The Morgan fingerprint density at radius 3 is 2.55 bits per heavy atom. The molecule has 0 radical (unpaired) electrons. The molecular formula is C15H20N4O. The number of hydrogen-bond acceptors (Lipinski definition) is 3. The number of amides is 2. The molecule has 20 heavy (non-hydrogen) atoms. The van der Waals surface area contributed by atoms with E-state index < -0.39 is 0 Å². The quantitative estimate of drug-likeness (QED) is 0.782. The molecule has 1 fully saturated rings. The number of rotatable bonds is 1. The summed E-state index contributed by atoms with van der Waals surface area (Å²) in [4.78, 5) is 16.8. The highest BCUT2D eigenvalue weighted by molar-refractivity contribution is 5.78. The number of carbonyl (C=O) groups excluding carboxylic acids is 1. The van der Waals surface area contributed by atoms with E-state index in [1.54, 1.807) is 5.01 Å². The first-order chi connectivity index (χ1) is 9.75. The first-order valence-electron chi connectivity index (χ1n) is 7.10. The number of nitrogens with zero attached hydrogens (tertiary/aromatic N) is 4. The second kappa shape index (κ2) is 5.63. The first-order valence-corrected chi connectivity index (χ1v) is 7.10. The van der Waals surface area contributed by atoms with Gasteiger partial charge in [-0.15, -0.1) is 0 Å². The van der Waals surface area contributed by atoms with Crippen LogP contribution in [0, 0.1) is 0 Å². The number of likely N-dealkylation sites (N-methyl/N-ethyl adjacent to an activating group) is 1. The maximum Gasteiger partial charge on any atom is 0.341 e. The van der Waals surface area contributed by atoms with E-state index in [2.05, 4.69) is 29.2 Å². The second-order valence-electron chi connectivity index (χ2n) is 5.38. The van der Waals surface area contributed by atoms with E-state index >= 15 is 0 Å². The molecule has 0 bridgehead atoms. The number of piperazine rings is 1. The van der Waals surface area contributed by atoms with Crippen molar-refractivity contribution in [3.05, 3.63) is 35.9 Å². The third-order valence-electron chi connectivity index (χ3n) is 3.98. The molecule has 0 saturated carbocycles. The van der Waals surface area contributed by atoms with Crippen LogP contribution in [-0.4, -0.2) is 60.3 Å². The van der Waals surface area contributed by atoms with Crippen molar-refractivity contribution in [2.24, 2.45) is 5.10 Å². The number of carbonyl (C=O) groups is 1. The van der Waals surface area contributed by atoms with Gasteiger partial charge in [-0.1, -0.05) is 30.3 Å². The Kier molecular flexibility index (Phi) is 3.69. The molecule has 2 aliphatic heterocycles. The van der Waals surface area contributed by atoms with E-state index in [0.717, 1.165) is 38.2 Å². The van der Waals surface area contributed by atoms with Crippen LogP contribution in [0.3, 0.4) is 0 Å². The van der Waals surface area contributed by atoms with Gasteiger partial charge in [0, 0.05) is 38.8 Å². The third-order valence-corrected chi connectivity index (χ3v) is 3.98. The van der Waals surface area contributed by atoms with Gasteiger partial charge in [-0.05, 0) is 12.6 Å². The van der Waals surface area contributed by atoms with E-state index in [-0.39, 0.29) is 12.1 Å². The Morgan fingerprint density at radius 2 is 1.85 bits per heavy atom. The van der Waals surface area contributed by atoms with Gasteiger partial charge >= 0.3 is 6.03 Å². The fourth-order valence-corrected chi connectivity index (χ4v) is 2.69. The lowest BCUT2D eigenvalue weighted by Crippen LogP contribution is -2.50. The highest BCUT2D eigenvalue weighted by Gasteiger charge is 2.32. The molecule has 1 aromatic rings. The molecule has 5 nitrogen and oxygen atoms in total. The molecule has 1 unspecified atom stereocenters. The van der Waals surface area contributed by atoms with Crippen LogP contribution in [-0.2, 0) is 0 Å². The van der Waals surface area contributed by atoms with Crippen molar-refractivity contribution in [2.75, 3.05) is 33.2 Å². The summed E-state index contributed by atoms with van der Waals surface area (Å²) in [5.74, 6) is 0. The van der Waals surface area contributed by atoms with Gasteiger partial charge in [-0.2, -0.15) is 5.10 Å². The van der Waals surface area contributed by atoms with Crippen molar-refractivity contribution >= 4 is 12.2 Å². The second-order valence-corrected chi connectivity index (χ2v) is 5.38. The fraction of sp³-hybridized carbons (Fsp3) is 0.467. The third kappa shape index (κ3) is 2.54. The minimum Gasteiger partial charge on any atom is -0.321 e. The number of hydrogen-bond donors (Lipinski definition) is 0. The molecule has 5 heteroatoms. The predicted octanol–water partition coefficient (Wildman–Crippen LogP) is 1.79. The van der Waals surface area contributed by atoms with Crippen LogP contribution in [0.1, 0.15) is 18.0 Å². The molecule has 0 spiro atoms. The summed E-state index contributed by atoms with van der Waals surface area (Å²) in [6.45, 7) is 3.42. The Hall–Kier alpha value is -1.88. The maximum absolute atomic E-state index is 12.6. The summed E-state index contributed by atoms with van der Waals surface area (Å²) < 4.78 is 0. The Morgan fingerprint density at radius 1 is 1.15 bits per heavy atom. The van der Waals surface area contributed by atoms with Crippen molar-refractivity contribution < 1.29 is 4.79 Å². The van der Waals surface area contributed by atoms with Gasteiger partial charge in [0.25, 0.3) is 0 Å². The molecule has 1 atom stereocenters. The number of benzene rings is 1. The number of urea groups is 1. The topological polar surface area (TPSA) is 39.1 Å². The van der Waals surface area contributed by atoms with Crippen molar-refractivity contribution in [3.8, 4) is 0 Å². The van der Waals surface area contributed by atoms with E-state index in [1.807, 2.05) is 29.3 Å². The highest BCUT2D eigenvalue weighted by atomic mass is 16.2. The Balaban J connectivity index is 1.72. The first kappa shape index (κ1) is 13.1. The molecule has 0 aromatic heterocycles. The molecule has 1 aromatic carbocycles. The molecule has 106 valence electrons. The summed E-state index contributed by atoms with van der Waals surface area (Å²) in [6.07, 6.45) is 2.63. The van der Waals surface area contributed by atoms with Crippen LogP contribution in [0.5, 0.6) is 0 Å². The van der Waals surface area contributed by atoms with Crippen molar-refractivity contribution in [3.63, 3.8) is 0 Å². The van der Waals surface area contributed by atoms with Gasteiger partial charge in [-0.3, -0.25) is 0 Å². The molecular weight excluding hydrogens is 252 g/mol. The standard InChI is InChI=1S/C15H20N4O/c1-17-9-11-18(12-10-17)15(20)19-14(7-8-16-19)13-5-3-2-4-6-13/h2-6,8,14H,7,9-12H2,1H3. The summed E-state index contributed by atoms with van der Waals surface area (Å²) in [5, 5.41) is 5.93. The molecule has 3 rings (SSSR count). The summed E-state index contributed by atoms with van der Waals surface area (Å²) in [7, 11) is 2.09. The van der Waals surface area contributed by atoms with Crippen LogP contribution in [0.2, 0.25) is 0 Å². The smallest absolute Gasteiger partial charge is 0.321 e. The largest absolute Gasteiger partial charge is 0.341 e. The zero-order valence-corrected chi connectivity index (χ0v) is 11.8. The van der Waals surface area contributed by atoms with E-state index in [9.17, 15) is 4.79 Å². The van der Waals surface area contributed by atoms with Crippen LogP contribution in [0.15, 0.2) is 35.4 Å². The lowest BCUT2D eigenvalue weighted by molar-refractivity contribution is 0.114.